The fourth-order valence-electron chi connectivity index (χ4n) is 4.07. The molecule has 0 unspecified atom stereocenters. The summed E-state index contributed by atoms with van der Waals surface area (Å²) in [5.41, 5.74) is 4.20. The van der Waals surface area contributed by atoms with Gasteiger partial charge in [-0.3, -0.25) is 9.10 Å². The molecule has 0 fully saturated rings. The summed E-state index contributed by atoms with van der Waals surface area (Å²) in [6, 6.07) is 26.8. The SMILES string of the molecule is Cc1ccc(S(=O)(=O)N(CC(=O)Nc2ccc3c(c2)oc2ccccc23)c2cccc(C)c2)cc1. The van der Waals surface area contributed by atoms with E-state index in [9.17, 15) is 13.2 Å². The van der Waals surface area contributed by atoms with Crippen molar-refractivity contribution in [2.75, 3.05) is 16.2 Å². The lowest BCUT2D eigenvalue weighted by molar-refractivity contribution is -0.114. The molecule has 7 heteroatoms. The number of hydrogen-bond acceptors (Lipinski definition) is 4. The van der Waals surface area contributed by atoms with E-state index in [0.717, 1.165) is 31.8 Å². The van der Waals surface area contributed by atoms with E-state index in [1.54, 1.807) is 54.6 Å². The van der Waals surface area contributed by atoms with Crippen LogP contribution >= 0.6 is 0 Å². The van der Waals surface area contributed by atoms with Gasteiger partial charge >= 0.3 is 0 Å². The van der Waals surface area contributed by atoms with Crippen molar-refractivity contribution < 1.29 is 17.6 Å². The monoisotopic (exact) mass is 484 g/mol. The molecular formula is C28H24N2O4S. The van der Waals surface area contributed by atoms with E-state index < -0.39 is 15.9 Å². The molecule has 0 bridgehead atoms. The first-order chi connectivity index (χ1) is 16.8. The van der Waals surface area contributed by atoms with Crippen molar-refractivity contribution in [1.82, 2.24) is 0 Å². The van der Waals surface area contributed by atoms with Gasteiger partial charge in [-0.25, -0.2) is 8.42 Å². The number of benzene rings is 4. The van der Waals surface area contributed by atoms with Crippen LogP contribution in [0, 0.1) is 13.8 Å². The molecule has 0 radical (unpaired) electrons. The van der Waals surface area contributed by atoms with Crippen LogP contribution in [0.5, 0.6) is 0 Å². The van der Waals surface area contributed by atoms with Crippen LogP contribution in [0.15, 0.2) is 100 Å². The molecule has 0 aliphatic carbocycles. The molecule has 176 valence electrons. The van der Waals surface area contributed by atoms with E-state index in [1.165, 1.54) is 0 Å². The molecule has 1 heterocycles. The number of amides is 1. The molecule has 0 aliphatic heterocycles. The highest BCUT2D eigenvalue weighted by Gasteiger charge is 2.27. The number of rotatable bonds is 6. The molecule has 0 spiro atoms. The molecule has 6 nitrogen and oxygen atoms in total. The van der Waals surface area contributed by atoms with Crippen molar-refractivity contribution in [3.05, 3.63) is 102 Å². The fourth-order valence-corrected chi connectivity index (χ4v) is 5.48. The smallest absolute Gasteiger partial charge is 0.264 e. The highest BCUT2D eigenvalue weighted by Crippen LogP contribution is 2.30. The minimum atomic E-state index is -3.97. The van der Waals surface area contributed by atoms with Gasteiger partial charge in [-0.15, -0.1) is 0 Å². The van der Waals surface area contributed by atoms with Gasteiger partial charge in [-0.2, -0.15) is 0 Å². The normalized spacial score (nSPS) is 11.6. The van der Waals surface area contributed by atoms with Crippen LogP contribution in [0.25, 0.3) is 21.9 Å². The van der Waals surface area contributed by atoms with Gasteiger partial charge in [0.1, 0.15) is 17.7 Å². The molecule has 1 amide bonds. The summed E-state index contributed by atoms with van der Waals surface area (Å²) in [6.45, 7) is 3.39. The van der Waals surface area contributed by atoms with Crippen LogP contribution in [0.2, 0.25) is 0 Å². The third-order valence-electron chi connectivity index (χ3n) is 5.85. The van der Waals surface area contributed by atoms with Gasteiger partial charge in [0.25, 0.3) is 10.0 Å². The number of nitrogens with one attached hydrogen (secondary N) is 1. The van der Waals surface area contributed by atoms with Crippen LogP contribution in [-0.4, -0.2) is 20.9 Å². The van der Waals surface area contributed by atoms with Crippen LogP contribution in [0.3, 0.4) is 0 Å². The first kappa shape index (κ1) is 22.7. The number of anilines is 2. The van der Waals surface area contributed by atoms with E-state index in [4.69, 9.17) is 4.42 Å². The maximum atomic E-state index is 13.5. The van der Waals surface area contributed by atoms with Crippen LogP contribution in [-0.2, 0) is 14.8 Å². The predicted molar refractivity (Wildman–Crippen MR) is 139 cm³/mol. The van der Waals surface area contributed by atoms with Gasteiger partial charge < -0.3 is 9.73 Å². The van der Waals surface area contributed by atoms with Crippen LogP contribution < -0.4 is 9.62 Å². The fraction of sp³-hybridized carbons (Fsp3) is 0.107. The third kappa shape index (κ3) is 4.50. The van der Waals surface area contributed by atoms with E-state index in [-0.39, 0.29) is 11.4 Å². The molecule has 1 N–H and O–H groups in total. The molecule has 4 aromatic carbocycles. The Morgan fingerprint density at radius 3 is 2.31 bits per heavy atom. The lowest BCUT2D eigenvalue weighted by Gasteiger charge is -2.24. The number of carbonyl (C=O) groups is 1. The van der Waals surface area contributed by atoms with Crippen molar-refractivity contribution in [2.45, 2.75) is 18.7 Å². The van der Waals surface area contributed by atoms with Gasteiger partial charge in [-0.1, -0.05) is 48.0 Å². The summed E-state index contributed by atoms with van der Waals surface area (Å²) in [6.07, 6.45) is 0. The van der Waals surface area contributed by atoms with Crippen LogP contribution in [0.4, 0.5) is 11.4 Å². The predicted octanol–water partition coefficient (Wildman–Crippen LogP) is 6.04. The largest absolute Gasteiger partial charge is 0.456 e. The van der Waals surface area contributed by atoms with E-state index in [0.29, 0.717) is 17.0 Å². The number of nitrogens with zero attached hydrogens (tertiary/aromatic N) is 1. The summed E-state index contributed by atoms with van der Waals surface area (Å²) in [5, 5.41) is 4.76. The zero-order chi connectivity index (χ0) is 24.6. The van der Waals surface area contributed by atoms with Crippen molar-refractivity contribution in [3.8, 4) is 0 Å². The Morgan fingerprint density at radius 1 is 0.800 bits per heavy atom. The molecule has 0 saturated carbocycles. The summed E-state index contributed by atoms with van der Waals surface area (Å²) in [5.74, 6) is -0.461. The second-order valence-electron chi connectivity index (χ2n) is 8.52. The van der Waals surface area contributed by atoms with E-state index >= 15 is 0 Å². The molecule has 5 rings (SSSR count). The minimum Gasteiger partial charge on any atom is -0.456 e. The molecular weight excluding hydrogens is 460 g/mol. The quantitative estimate of drug-likeness (QED) is 0.319. The van der Waals surface area contributed by atoms with Gasteiger partial charge in [-0.05, 0) is 61.9 Å². The zero-order valence-corrected chi connectivity index (χ0v) is 20.2. The molecule has 5 aromatic rings. The average molecular weight is 485 g/mol. The van der Waals surface area contributed by atoms with Crippen molar-refractivity contribution in [2.24, 2.45) is 0 Å². The standard InChI is InChI=1S/C28H24N2O4S/c1-19-10-13-23(14-11-19)35(32,33)30(22-7-5-6-20(2)16-22)18-28(31)29-21-12-15-25-24-8-3-4-9-26(24)34-27(25)17-21/h3-17H,18H2,1-2H3,(H,29,31). The number of para-hydroxylation sites is 1. The number of aryl methyl sites for hydroxylation is 2. The molecule has 35 heavy (non-hydrogen) atoms. The first-order valence-electron chi connectivity index (χ1n) is 11.2. The van der Waals surface area contributed by atoms with Crippen LogP contribution in [0.1, 0.15) is 11.1 Å². The minimum absolute atomic E-state index is 0.126. The molecule has 1 aromatic heterocycles. The van der Waals surface area contributed by atoms with E-state index in [1.807, 2.05) is 50.2 Å². The van der Waals surface area contributed by atoms with Gasteiger partial charge in [0, 0.05) is 22.5 Å². The average Bonchev–Trinajstić information content (AvgIpc) is 3.20. The van der Waals surface area contributed by atoms with Crippen molar-refractivity contribution in [1.29, 1.82) is 0 Å². The number of furan rings is 1. The molecule has 0 atom stereocenters. The summed E-state index contributed by atoms with van der Waals surface area (Å²) in [7, 11) is -3.97. The Balaban J connectivity index is 1.45. The highest BCUT2D eigenvalue weighted by molar-refractivity contribution is 7.92. The Hall–Kier alpha value is -4.10. The molecule has 0 saturated heterocycles. The Morgan fingerprint density at radius 2 is 1.54 bits per heavy atom. The number of fused-ring (bicyclic) bond motifs is 3. The number of sulfonamides is 1. The topological polar surface area (TPSA) is 79.6 Å². The number of hydrogen-bond donors (Lipinski definition) is 1. The zero-order valence-electron chi connectivity index (χ0n) is 19.4. The second-order valence-corrected chi connectivity index (χ2v) is 10.4. The Bertz CT molecular complexity index is 1650. The Labute approximate surface area is 203 Å². The highest BCUT2D eigenvalue weighted by atomic mass is 32.2. The van der Waals surface area contributed by atoms with Gasteiger partial charge in [0.2, 0.25) is 5.91 Å². The van der Waals surface area contributed by atoms with Crippen molar-refractivity contribution >= 4 is 49.2 Å². The van der Waals surface area contributed by atoms with Gasteiger partial charge in [0.15, 0.2) is 0 Å². The summed E-state index contributed by atoms with van der Waals surface area (Å²) >= 11 is 0. The van der Waals surface area contributed by atoms with Gasteiger partial charge in [0.05, 0.1) is 10.6 Å². The molecule has 0 aliphatic rings. The second kappa shape index (κ2) is 8.92. The van der Waals surface area contributed by atoms with Crippen molar-refractivity contribution in [3.63, 3.8) is 0 Å². The Kier molecular flexibility index (Phi) is 5.78. The maximum Gasteiger partial charge on any atom is 0.264 e. The third-order valence-corrected chi connectivity index (χ3v) is 7.64. The summed E-state index contributed by atoms with van der Waals surface area (Å²) in [4.78, 5) is 13.2. The lowest BCUT2D eigenvalue weighted by Crippen LogP contribution is -2.38. The first-order valence-corrected chi connectivity index (χ1v) is 12.6. The summed E-state index contributed by atoms with van der Waals surface area (Å²) < 4.78 is 34.1. The maximum absolute atomic E-state index is 13.5. The lowest BCUT2D eigenvalue weighted by atomic mass is 10.1. The number of carbonyl (C=O) groups excluding carboxylic acids is 1. The van der Waals surface area contributed by atoms with E-state index in [2.05, 4.69) is 5.32 Å².